The second-order valence-electron chi connectivity index (χ2n) is 4.22. The van der Waals surface area contributed by atoms with E-state index in [1.807, 2.05) is 30.5 Å². The number of rotatable bonds is 5. The minimum atomic E-state index is 0.0556. The van der Waals surface area contributed by atoms with Gasteiger partial charge in [0.05, 0.1) is 0 Å². The SMILES string of the molecule is CNC(=O)CCCn1ccc2ccc(C=O)cc21. The van der Waals surface area contributed by atoms with E-state index < -0.39 is 0 Å². The molecule has 1 heterocycles. The lowest BCUT2D eigenvalue weighted by atomic mass is 10.2. The zero-order chi connectivity index (χ0) is 13.0. The molecule has 0 radical (unpaired) electrons. The standard InChI is InChI=1S/C14H16N2O2/c1-15-14(18)3-2-7-16-8-6-12-5-4-11(10-17)9-13(12)16/h4-6,8-10H,2-3,7H2,1H3,(H,15,18). The first-order valence-corrected chi connectivity index (χ1v) is 5.99. The second kappa shape index (κ2) is 5.49. The highest BCUT2D eigenvalue weighted by Gasteiger charge is 2.03. The molecule has 4 nitrogen and oxygen atoms in total. The monoisotopic (exact) mass is 244 g/mol. The highest BCUT2D eigenvalue weighted by Crippen LogP contribution is 2.17. The van der Waals surface area contributed by atoms with Gasteiger partial charge < -0.3 is 9.88 Å². The van der Waals surface area contributed by atoms with Gasteiger partial charge in [-0.25, -0.2) is 0 Å². The van der Waals surface area contributed by atoms with Crippen molar-refractivity contribution >= 4 is 23.1 Å². The number of nitrogens with zero attached hydrogens (tertiary/aromatic N) is 1. The first-order valence-electron chi connectivity index (χ1n) is 5.99. The molecule has 2 rings (SSSR count). The number of aldehydes is 1. The summed E-state index contributed by atoms with van der Waals surface area (Å²) in [6.45, 7) is 0.777. The Hall–Kier alpha value is -2.10. The smallest absolute Gasteiger partial charge is 0.219 e. The van der Waals surface area contributed by atoms with E-state index >= 15 is 0 Å². The van der Waals surface area contributed by atoms with Gasteiger partial charge in [-0.1, -0.05) is 12.1 Å². The van der Waals surface area contributed by atoms with Crippen LogP contribution in [0.4, 0.5) is 0 Å². The lowest BCUT2D eigenvalue weighted by Crippen LogP contribution is -2.17. The van der Waals surface area contributed by atoms with Crippen LogP contribution in [0, 0.1) is 0 Å². The number of fused-ring (bicyclic) bond motifs is 1. The fourth-order valence-electron chi connectivity index (χ4n) is 2.00. The quantitative estimate of drug-likeness (QED) is 0.818. The Balaban J connectivity index is 2.13. The van der Waals surface area contributed by atoms with E-state index in [1.54, 1.807) is 7.05 Å². The van der Waals surface area contributed by atoms with E-state index in [2.05, 4.69) is 9.88 Å². The maximum absolute atomic E-state index is 11.1. The number of aryl methyl sites for hydroxylation is 1. The van der Waals surface area contributed by atoms with Gasteiger partial charge in [0.25, 0.3) is 0 Å². The molecule has 4 heteroatoms. The van der Waals surface area contributed by atoms with Crippen LogP contribution in [0.3, 0.4) is 0 Å². The molecule has 1 amide bonds. The molecule has 1 aromatic heterocycles. The molecule has 1 aromatic carbocycles. The fraction of sp³-hybridized carbons (Fsp3) is 0.286. The molecule has 0 spiro atoms. The van der Waals surface area contributed by atoms with E-state index in [-0.39, 0.29) is 5.91 Å². The van der Waals surface area contributed by atoms with Gasteiger partial charge in [-0.2, -0.15) is 0 Å². The van der Waals surface area contributed by atoms with Crippen LogP contribution < -0.4 is 5.32 Å². The van der Waals surface area contributed by atoms with E-state index in [4.69, 9.17) is 0 Å². The minimum absolute atomic E-state index is 0.0556. The van der Waals surface area contributed by atoms with Gasteiger partial charge in [0.2, 0.25) is 5.91 Å². The number of hydrogen-bond donors (Lipinski definition) is 1. The third kappa shape index (κ3) is 2.59. The topological polar surface area (TPSA) is 51.1 Å². The molecule has 0 atom stereocenters. The lowest BCUT2D eigenvalue weighted by molar-refractivity contribution is -0.120. The van der Waals surface area contributed by atoms with Crippen molar-refractivity contribution in [1.29, 1.82) is 0 Å². The van der Waals surface area contributed by atoms with Crippen LogP contribution in [-0.2, 0) is 11.3 Å². The molecule has 18 heavy (non-hydrogen) atoms. The fourth-order valence-corrected chi connectivity index (χ4v) is 2.00. The van der Waals surface area contributed by atoms with Crippen molar-refractivity contribution in [3.05, 3.63) is 36.0 Å². The molecule has 0 aliphatic carbocycles. The first kappa shape index (κ1) is 12.4. The van der Waals surface area contributed by atoms with E-state index in [1.165, 1.54) is 0 Å². The van der Waals surface area contributed by atoms with Crippen molar-refractivity contribution in [2.75, 3.05) is 7.05 Å². The molecule has 94 valence electrons. The van der Waals surface area contributed by atoms with Crippen LogP contribution in [0.25, 0.3) is 10.9 Å². The average molecular weight is 244 g/mol. The Morgan fingerprint density at radius 2 is 2.22 bits per heavy atom. The van der Waals surface area contributed by atoms with E-state index in [0.29, 0.717) is 12.0 Å². The molecule has 0 fully saturated rings. The van der Waals surface area contributed by atoms with Crippen molar-refractivity contribution in [2.45, 2.75) is 19.4 Å². The Morgan fingerprint density at radius 1 is 1.39 bits per heavy atom. The average Bonchev–Trinajstić information content (AvgIpc) is 2.81. The third-order valence-corrected chi connectivity index (χ3v) is 3.02. The highest BCUT2D eigenvalue weighted by atomic mass is 16.1. The lowest BCUT2D eigenvalue weighted by Gasteiger charge is -2.05. The van der Waals surface area contributed by atoms with Gasteiger partial charge in [-0.05, 0) is 23.9 Å². The summed E-state index contributed by atoms with van der Waals surface area (Å²) < 4.78 is 2.07. The van der Waals surface area contributed by atoms with E-state index in [9.17, 15) is 9.59 Å². The Kier molecular flexibility index (Phi) is 3.77. The molecule has 0 bridgehead atoms. The first-order chi connectivity index (χ1) is 8.74. The van der Waals surface area contributed by atoms with Crippen molar-refractivity contribution in [1.82, 2.24) is 9.88 Å². The largest absolute Gasteiger partial charge is 0.359 e. The molecule has 0 unspecified atom stereocenters. The third-order valence-electron chi connectivity index (χ3n) is 3.02. The Morgan fingerprint density at radius 3 is 2.94 bits per heavy atom. The van der Waals surface area contributed by atoms with Crippen LogP contribution >= 0.6 is 0 Å². The van der Waals surface area contributed by atoms with Crippen LogP contribution in [0.2, 0.25) is 0 Å². The van der Waals surface area contributed by atoms with Crippen molar-refractivity contribution in [3.8, 4) is 0 Å². The van der Waals surface area contributed by atoms with E-state index in [0.717, 1.165) is 30.2 Å². The number of carbonyl (C=O) groups is 2. The minimum Gasteiger partial charge on any atom is -0.359 e. The summed E-state index contributed by atoms with van der Waals surface area (Å²) >= 11 is 0. The van der Waals surface area contributed by atoms with Gasteiger partial charge in [0.1, 0.15) is 6.29 Å². The number of benzene rings is 1. The molecular weight excluding hydrogens is 228 g/mol. The van der Waals surface area contributed by atoms with Crippen molar-refractivity contribution < 1.29 is 9.59 Å². The van der Waals surface area contributed by atoms with Gasteiger partial charge in [-0.3, -0.25) is 9.59 Å². The zero-order valence-electron chi connectivity index (χ0n) is 10.3. The van der Waals surface area contributed by atoms with Crippen LogP contribution in [-0.4, -0.2) is 23.8 Å². The maximum Gasteiger partial charge on any atom is 0.219 e. The summed E-state index contributed by atoms with van der Waals surface area (Å²) in [7, 11) is 1.64. The molecular formula is C14H16N2O2. The number of aromatic nitrogens is 1. The van der Waals surface area contributed by atoms with Crippen molar-refractivity contribution in [3.63, 3.8) is 0 Å². The maximum atomic E-state index is 11.1. The molecule has 0 aliphatic rings. The summed E-state index contributed by atoms with van der Waals surface area (Å²) in [5, 5.41) is 3.72. The number of hydrogen-bond acceptors (Lipinski definition) is 2. The van der Waals surface area contributed by atoms with Crippen molar-refractivity contribution in [2.24, 2.45) is 0 Å². The molecule has 2 aromatic rings. The predicted molar refractivity (Wildman–Crippen MR) is 70.6 cm³/mol. The molecule has 0 saturated heterocycles. The Labute approximate surface area is 106 Å². The van der Waals surface area contributed by atoms with Gasteiger partial charge in [0.15, 0.2) is 0 Å². The molecule has 0 aliphatic heterocycles. The normalized spacial score (nSPS) is 10.5. The summed E-state index contributed by atoms with van der Waals surface area (Å²) in [6, 6.07) is 7.64. The summed E-state index contributed by atoms with van der Waals surface area (Å²) in [4.78, 5) is 21.9. The number of carbonyl (C=O) groups excluding carboxylic acids is 2. The number of nitrogens with one attached hydrogen (secondary N) is 1. The Bertz CT molecular complexity index is 572. The van der Waals surface area contributed by atoms with Crippen LogP contribution in [0.1, 0.15) is 23.2 Å². The van der Waals surface area contributed by atoms with Gasteiger partial charge in [0, 0.05) is 37.3 Å². The molecule has 1 N–H and O–H groups in total. The van der Waals surface area contributed by atoms with Crippen LogP contribution in [0.5, 0.6) is 0 Å². The summed E-state index contributed by atoms with van der Waals surface area (Å²) in [5.41, 5.74) is 1.71. The number of amides is 1. The zero-order valence-corrected chi connectivity index (χ0v) is 10.3. The second-order valence-corrected chi connectivity index (χ2v) is 4.22. The summed E-state index contributed by atoms with van der Waals surface area (Å²) in [6.07, 6.45) is 4.14. The van der Waals surface area contributed by atoms with Crippen LogP contribution in [0.15, 0.2) is 30.5 Å². The van der Waals surface area contributed by atoms with Gasteiger partial charge >= 0.3 is 0 Å². The van der Waals surface area contributed by atoms with Gasteiger partial charge in [-0.15, -0.1) is 0 Å². The highest BCUT2D eigenvalue weighted by molar-refractivity contribution is 5.87. The molecule has 0 saturated carbocycles. The summed E-state index contributed by atoms with van der Waals surface area (Å²) in [5.74, 6) is 0.0556. The predicted octanol–water partition coefficient (Wildman–Crippen LogP) is 1.98.